The van der Waals surface area contributed by atoms with Crippen LogP contribution in [0.4, 0.5) is 0 Å². The average molecular weight is 783 g/mol. The third-order valence-electron chi connectivity index (χ3n) is 14.7. The summed E-state index contributed by atoms with van der Waals surface area (Å²) in [6, 6.07) is 79.1. The van der Waals surface area contributed by atoms with Crippen molar-refractivity contribution in [3.63, 3.8) is 0 Å². The van der Waals surface area contributed by atoms with Crippen LogP contribution in [0, 0.1) is 0 Å². The van der Waals surface area contributed by atoms with E-state index in [9.17, 15) is 0 Å². The van der Waals surface area contributed by atoms with Gasteiger partial charge in [-0.1, -0.05) is 200 Å². The minimum atomic E-state index is -2.73. The zero-order chi connectivity index (χ0) is 39.6. The predicted octanol–water partition coefficient (Wildman–Crippen LogP) is 13.3. The fraction of sp³-hybridized carbons (Fsp3) is 0. The van der Waals surface area contributed by atoms with Crippen molar-refractivity contribution in [3.8, 4) is 44.5 Å². The van der Waals surface area contributed by atoms with E-state index >= 15 is 0 Å². The molecule has 0 nitrogen and oxygen atoms in total. The Morgan fingerprint density at radius 3 is 1.34 bits per heavy atom. The lowest BCUT2D eigenvalue weighted by Crippen LogP contribution is -2.70. The number of benzene rings is 11. The van der Waals surface area contributed by atoms with Gasteiger partial charge in [0.05, 0.1) is 0 Å². The Labute approximate surface area is 353 Å². The molecule has 0 unspecified atom stereocenters. The number of fused-ring (bicyclic) bond motifs is 19. The highest BCUT2D eigenvalue weighted by Gasteiger charge is 2.54. The Morgan fingerprint density at radius 2 is 0.672 bits per heavy atom. The van der Waals surface area contributed by atoms with Gasteiger partial charge in [0.15, 0.2) is 8.07 Å². The molecular formula is C60H34Si. The van der Waals surface area contributed by atoms with E-state index in [2.05, 4.69) is 206 Å². The minimum absolute atomic E-state index is 1.25. The Morgan fingerprint density at radius 1 is 0.213 bits per heavy atom. The first-order valence-electron chi connectivity index (χ1n) is 21.5. The van der Waals surface area contributed by atoms with E-state index in [1.54, 1.807) is 0 Å². The Kier molecular flexibility index (Phi) is 6.02. The van der Waals surface area contributed by atoms with Crippen molar-refractivity contribution in [1.82, 2.24) is 0 Å². The number of hydrogen-bond donors (Lipinski definition) is 0. The lowest BCUT2D eigenvalue weighted by Gasteiger charge is -2.28. The molecule has 1 heteroatoms. The smallest absolute Gasteiger partial charge is 0.0623 e. The quantitative estimate of drug-likeness (QED) is 0.121. The first-order chi connectivity index (χ1) is 30.3. The summed E-state index contributed by atoms with van der Waals surface area (Å²) < 4.78 is 0. The SMILES string of the molecule is c1ccc(-c2c3cc4c5ccccc5c5cccc(c3c(-c3ccccc3)c3c6cc7c(c8cccc(c23)c86)-c2ccccc2[Si]72c3ccccc3-c3ccccc32)c54)cc1. The van der Waals surface area contributed by atoms with E-state index in [-0.39, 0.29) is 0 Å². The molecule has 0 aromatic heterocycles. The Balaban J connectivity index is 1.24. The topological polar surface area (TPSA) is 0 Å². The summed E-state index contributed by atoms with van der Waals surface area (Å²) in [4.78, 5) is 0. The number of hydrogen-bond acceptors (Lipinski definition) is 0. The molecule has 15 rings (SSSR count). The molecule has 0 aliphatic carbocycles. The van der Waals surface area contributed by atoms with Crippen molar-refractivity contribution in [3.05, 3.63) is 206 Å². The van der Waals surface area contributed by atoms with Gasteiger partial charge in [-0.3, -0.25) is 0 Å². The molecule has 61 heavy (non-hydrogen) atoms. The van der Waals surface area contributed by atoms with E-state index in [4.69, 9.17) is 0 Å². The molecule has 2 aliphatic rings. The van der Waals surface area contributed by atoms with Crippen LogP contribution in [0.15, 0.2) is 206 Å². The molecule has 0 radical (unpaired) electrons. The van der Waals surface area contributed by atoms with E-state index in [1.807, 2.05) is 0 Å². The normalized spacial score (nSPS) is 13.7. The molecule has 13 aromatic carbocycles. The minimum Gasteiger partial charge on any atom is -0.0623 e. The molecule has 1 spiro atoms. The molecule has 0 amide bonds. The van der Waals surface area contributed by atoms with Gasteiger partial charge in [-0.15, -0.1) is 0 Å². The highest BCUT2D eigenvalue weighted by atomic mass is 28.3. The van der Waals surface area contributed by atoms with Gasteiger partial charge in [0.2, 0.25) is 0 Å². The van der Waals surface area contributed by atoms with Crippen LogP contribution in [0.5, 0.6) is 0 Å². The van der Waals surface area contributed by atoms with Crippen molar-refractivity contribution in [1.29, 1.82) is 0 Å². The van der Waals surface area contributed by atoms with Crippen LogP contribution in [-0.2, 0) is 0 Å². The standard InChI is InChI=1S/C60H34Si/c1-3-17-35(18-4-1)53-47-33-46-38-22-8-7-21-37(38)41-26-15-28-44(55(41)46)58(47)54(36-19-5-2-6-20-36)60-48-34-52-57(43-27-16-29-45(56(43)48)59(53)60)42-25-11-14-32-51(42)61(52)49-30-12-9-23-39(49)40-24-10-13-31-50(40)61/h1-34H. The average Bonchev–Trinajstić information content (AvgIpc) is 4.03. The van der Waals surface area contributed by atoms with E-state index in [0.717, 1.165) is 0 Å². The van der Waals surface area contributed by atoms with Gasteiger partial charge >= 0.3 is 0 Å². The van der Waals surface area contributed by atoms with E-state index in [0.29, 0.717) is 0 Å². The fourth-order valence-electron chi connectivity index (χ4n) is 12.7. The summed E-state index contributed by atoms with van der Waals surface area (Å²) in [5.74, 6) is 0. The van der Waals surface area contributed by atoms with Crippen LogP contribution in [0.2, 0.25) is 0 Å². The second-order valence-electron chi connectivity index (χ2n) is 17.3. The molecule has 0 atom stereocenters. The highest BCUT2D eigenvalue weighted by molar-refractivity contribution is 7.24. The molecule has 2 heterocycles. The second-order valence-corrected chi connectivity index (χ2v) is 21.0. The summed E-state index contributed by atoms with van der Waals surface area (Å²) >= 11 is 0. The molecule has 0 bridgehead atoms. The largest absolute Gasteiger partial charge is 0.182 e. The molecule has 0 saturated carbocycles. The summed E-state index contributed by atoms with van der Waals surface area (Å²) in [5, 5.41) is 24.9. The molecule has 0 fully saturated rings. The molecular weight excluding hydrogens is 749 g/mol. The summed E-state index contributed by atoms with van der Waals surface area (Å²) in [6.07, 6.45) is 0. The third-order valence-corrected chi connectivity index (χ3v) is 19.7. The highest BCUT2D eigenvalue weighted by Crippen LogP contribution is 2.55. The maximum Gasteiger partial charge on any atom is 0.182 e. The Bertz CT molecular complexity index is 3980. The first kappa shape index (κ1) is 32.3. The molecule has 0 saturated heterocycles. The lowest BCUT2D eigenvalue weighted by atomic mass is 9.84. The zero-order valence-electron chi connectivity index (χ0n) is 33.1. The van der Waals surface area contributed by atoms with Gasteiger partial charge in [-0.05, 0) is 147 Å². The second kappa shape index (κ2) is 11.4. The summed E-state index contributed by atoms with van der Waals surface area (Å²) in [7, 11) is -2.73. The van der Waals surface area contributed by atoms with Crippen molar-refractivity contribution < 1.29 is 0 Å². The van der Waals surface area contributed by atoms with Gasteiger partial charge in [0.1, 0.15) is 0 Å². The van der Waals surface area contributed by atoms with Crippen LogP contribution in [0.1, 0.15) is 0 Å². The third kappa shape index (κ3) is 3.75. The van der Waals surface area contributed by atoms with Crippen molar-refractivity contribution in [2.75, 3.05) is 0 Å². The van der Waals surface area contributed by atoms with Crippen molar-refractivity contribution in [2.45, 2.75) is 0 Å². The summed E-state index contributed by atoms with van der Waals surface area (Å²) in [6.45, 7) is 0. The summed E-state index contributed by atoms with van der Waals surface area (Å²) in [5.41, 5.74) is 10.8. The predicted molar refractivity (Wildman–Crippen MR) is 264 cm³/mol. The molecule has 2 aliphatic heterocycles. The van der Waals surface area contributed by atoms with E-state index in [1.165, 1.54) is 141 Å². The maximum atomic E-state index is 2.71. The maximum absolute atomic E-state index is 2.73. The van der Waals surface area contributed by atoms with Crippen LogP contribution in [0.25, 0.3) is 120 Å². The van der Waals surface area contributed by atoms with Crippen LogP contribution in [-0.4, -0.2) is 8.07 Å². The van der Waals surface area contributed by atoms with E-state index < -0.39 is 8.07 Å². The monoisotopic (exact) mass is 782 g/mol. The van der Waals surface area contributed by atoms with Gasteiger partial charge < -0.3 is 0 Å². The molecule has 13 aromatic rings. The van der Waals surface area contributed by atoms with Crippen LogP contribution < -0.4 is 20.7 Å². The first-order valence-corrected chi connectivity index (χ1v) is 23.5. The Hall–Kier alpha value is -7.58. The van der Waals surface area contributed by atoms with Gasteiger partial charge in [0.25, 0.3) is 0 Å². The zero-order valence-corrected chi connectivity index (χ0v) is 34.1. The van der Waals surface area contributed by atoms with Crippen LogP contribution in [0.3, 0.4) is 0 Å². The van der Waals surface area contributed by atoms with Gasteiger partial charge in [-0.25, -0.2) is 0 Å². The molecule has 278 valence electrons. The van der Waals surface area contributed by atoms with Crippen molar-refractivity contribution >= 4 is 104 Å². The van der Waals surface area contributed by atoms with Crippen molar-refractivity contribution in [2.24, 2.45) is 0 Å². The number of rotatable bonds is 2. The fourth-order valence-corrected chi connectivity index (χ4v) is 18.3. The molecule has 0 N–H and O–H groups in total. The lowest BCUT2D eigenvalue weighted by molar-refractivity contribution is 1.68. The van der Waals surface area contributed by atoms with Crippen LogP contribution >= 0.6 is 0 Å². The van der Waals surface area contributed by atoms with Gasteiger partial charge in [-0.2, -0.15) is 0 Å². The van der Waals surface area contributed by atoms with Gasteiger partial charge in [0, 0.05) is 0 Å².